The number of hydrogen-bond acceptors (Lipinski definition) is 6. The average molecular weight is 530 g/mol. The molecule has 10 heteroatoms. The molecule has 0 bridgehead atoms. The lowest BCUT2D eigenvalue weighted by atomic mass is 10.0. The van der Waals surface area contributed by atoms with Crippen LogP contribution in [0.1, 0.15) is 42.3 Å². The maximum Gasteiger partial charge on any atom is 0.408 e. The van der Waals surface area contributed by atoms with Gasteiger partial charge in [-0.15, -0.1) is 0 Å². The monoisotopic (exact) mass is 529 g/mol. The van der Waals surface area contributed by atoms with E-state index in [0.717, 1.165) is 6.07 Å². The van der Waals surface area contributed by atoms with E-state index in [1.165, 1.54) is 19.2 Å². The summed E-state index contributed by atoms with van der Waals surface area (Å²) in [7, 11) is -2.33. The molecule has 0 unspecified atom stereocenters. The van der Waals surface area contributed by atoms with Crippen molar-refractivity contribution in [3.05, 3.63) is 63.4 Å². The summed E-state index contributed by atoms with van der Waals surface area (Å²) < 4.78 is 48.2. The minimum Gasteiger partial charge on any atom is -0.494 e. The minimum atomic E-state index is -3.64. The van der Waals surface area contributed by atoms with Crippen LogP contribution < -0.4 is 10.1 Å². The number of aryl methyl sites for hydroxylation is 1. The molecule has 2 aromatic carbocycles. The van der Waals surface area contributed by atoms with Gasteiger partial charge in [0, 0.05) is 21.1 Å². The van der Waals surface area contributed by atoms with Gasteiger partial charge < -0.3 is 14.8 Å². The van der Waals surface area contributed by atoms with Crippen molar-refractivity contribution < 1.29 is 31.9 Å². The Balaban J connectivity index is 2.03. The highest BCUT2D eigenvalue weighted by Crippen LogP contribution is 2.25. The largest absolute Gasteiger partial charge is 0.494 e. The number of carbonyl (C=O) groups excluding carboxylic acids is 2. The number of sulfone groups is 1. The van der Waals surface area contributed by atoms with Gasteiger partial charge in [-0.1, -0.05) is 22.0 Å². The van der Waals surface area contributed by atoms with Crippen LogP contribution in [0.2, 0.25) is 0 Å². The van der Waals surface area contributed by atoms with Crippen LogP contribution in [0.5, 0.6) is 5.75 Å². The first-order valence-corrected chi connectivity index (χ1v) is 12.2. The van der Waals surface area contributed by atoms with Gasteiger partial charge in [0.1, 0.15) is 0 Å². The predicted molar refractivity (Wildman–Crippen MR) is 122 cm³/mol. The van der Waals surface area contributed by atoms with Crippen molar-refractivity contribution >= 4 is 37.6 Å². The van der Waals surface area contributed by atoms with Gasteiger partial charge in [-0.05, 0) is 63.1 Å². The van der Waals surface area contributed by atoms with Gasteiger partial charge in [0.15, 0.2) is 33.1 Å². The van der Waals surface area contributed by atoms with Gasteiger partial charge in [0.2, 0.25) is 0 Å². The summed E-state index contributed by atoms with van der Waals surface area (Å²) in [6.07, 6.45) is -0.631. The Hall–Kier alpha value is -2.46. The van der Waals surface area contributed by atoms with Crippen molar-refractivity contribution in [3.63, 3.8) is 0 Å². The quantitative estimate of drug-likeness (QED) is 0.512. The predicted octanol–water partition coefficient (Wildman–Crippen LogP) is 4.27. The Kier molecular flexibility index (Phi) is 8.41. The molecule has 7 nitrogen and oxygen atoms in total. The van der Waals surface area contributed by atoms with Gasteiger partial charge in [-0.2, -0.15) is 0 Å². The molecule has 0 spiro atoms. The summed E-state index contributed by atoms with van der Waals surface area (Å²) in [5.41, 5.74) is 0.732. The molecule has 2 rings (SSSR count). The van der Waals surface area contributed by atoms with E-state index in [9.17, 15) is 22.4 Å². The zero-order chi connectivity index (χ0) is 24.1. The summed E-state index contributed by atoms with van der Waals surface area (Å²) in [4.78, 5) is 24.4. The first kappa shape index (κ1) is 25.8. The summed E-state index contributed by atoms with van der Waals surface area (Å²) in [5, 5.41) is 2.52. The van der Waals surface area contributed by atoms with E-state index >= 15 is 0 Å². The van der Waals surface area contributed by atoms with Gasteiger partial charge in [-0.25, -0.2) is 17.6 Å². The van der Waals surface area contributed by atoms with Gasteiger partial charge >= 0.3 is 6.09 Å². The number of nitrogens with one attached hydrogen (secondary N) is 1. The molecule has 0 aromatic heterocycles. The number of ether oxygens (including phenoxy) is 2. The number of halogens is 2. The van der Waals surface area contributed by atoms with Crippen molar-refractivity contribution in [2.24, 2.45) is 0 Å². The molecule has 0 aliphatic heterocycles. The zero-order valence-corrected chi connectivity index (χ0v) is 20.6. The third kappa shape index (κ3) is 7.59. The Bertz CT molecular complexity index is 1110. The lowest BCUT2D eigenvalue weighted by molar-refractivity contribution is 0.103. The number of methoxy groups -OCH3 is 1. The fraction of sp³-hybridized carbons (Fsp3) is 0.364. The summed E-state index contributed by atoms with van der Waals surface area (Å²) in [6.45, 7) is 5.25. The highest BCUT2D eigenvalue weighted by molar-refractivity contribution is 9.10. The molecule has 0 saturated carbocycles. The highest BCUT2D eigenvalue weighted by Gasteiger charge is 2.19. The van der Waals surface area contributed by atoms with Crippen LogP contribution in [-0.4, -0.2) is 44.6 Å². The Morgan fingerprint density at radius 3 is 2.41 bits per heavy atom. The van der Waals surface area contributed by atoms with Crippen LogP contribution in [0.3, 0.4) is 0 Å². The number of ketones is 1. The first-order valence-electron chi connectivity index (χ1n) is 9.63. The molecule has 0 fully saturated rings. The summed E-state index contributed by atoms with van der Waals surface area (Å²) in [5.74, 6) is -1.90. The molecular weight excluding hydrogens is 505 g/mol. The van der Waals surface area contributed by atoms with E-state index in [0.29, 0.717) is 15.6 Å². The van der Waals surface area contributed by atoms with Gasteiger partial charge in [0.05, 0.1) is 12.9 Å². The van der Waals surface area contributed by atoms with Crippen molar-refractivity contribution in [3.8, 4) is 5.75 Å². The molecule has 0 saturated heterocycles. The lowest BCUT2D eigenvalue weighted by Gasteiger charge is -2.19. The van der Waals surface area contributed by atoms with Gasteiger partial charge in [0.25, 0.3) is 0 Å². The van der Waals surface area contributed by atoms with E-state index in [2.05, 4.69) is 21.2 Å². The minimum absolute atomic E-state index is 0.0350. The molecule has 32 heavy (non-hydrogen) atoms. The molecule has 1 N–H and O–H groups in total. The fourth-order valence-corrected chi connectivity index (χ4v) is 4.23. The summed E-state index contributed by atoms with van der Waals surface area (Å²) in [6, 6.07) is 8.70. The first-order chi connectivity index (χ1) is 14.8. The van der Waals surface area contributed by atoms with E-state index in [4.69, 9.17) is 9.47 Å². The van der Waals surface area contributed by atoms with Gasteiger partial charge in [-0.3, -0.25) is 4.79 Å². The normalized spacial score (nSPS) is 11.7. The zero-order valence-electron chi connectivity index (χ0n) is 18.2. The number of hydrogen-bond donors (Lipinski definition) is 1. The van der Waals surface area contributed by atoms with Crippen LogP contribution >= 0.6 is 15.9 Å². The number of carbonyl (C=O) groups is 2. The Morgan fingerprint density at radius 2 is 1.81 bits per heavy atom. The molecule has 174 valence electrons. The third-order valence-corrected chi connectivity index (χ3v) is 6.20. The molecule has 0 aliphatic carbocycles. The average Bonchev–Trinajstić information content (AvgIpc) is 2.70. The van der Waals surface area contributed by atoms with E-state index in [-0.39, 0.29) is 29.3 Å². The Labute approximate surface area is 195 Å². The van der Waals surface area contributed by atoms with Crippen molar-refractivity contribution in [2.75, 3.05) is 18.8 Å². The van der Waals surface area contributed by atoms with Crippen molar-refractivity contribution in [1.29, 1.82) is 0 Å². The second-order valence-corrected chi connectivity index (χ2v) is 11.1. The smallest absolute Gasteiger partial charge is 0.408 e. The van der Waals surface area contributed by atoms with Crippen LogP contribution in [0.4, 0.5) is 9.18 Å². The SMILES string of the molecule is COc1cc(C(=O)c2ccc(CCS(=O)(=O)COC(=O)NC(C)(C)C)cc2Br)ccc1F. The fourth-order valence-electron chi connectivity index (χ4n) is 2.67. The topological polar surface area (TPSA) is 98.8 Å². The number of rotatable bonds is 8. The molecule has 0 aliphatic rings. The molecule has 1 amide bonds. The Morgan fingerprint density at radius 1 is 1.12 bits per heavy atom. The molecular formula is C22H25BrFNO6S. The standard InChI is InChI=1S/C22H25BrFNO6S/c1-22(2,3)25-21(27)31-13-32(28,29)10-9-14-5-7-16(17(23)11-14)20(26)15-6-8-18(24)19(12-15)30-4/h5-8,11-12H,9-10,13H2,1-4H3,(H,25,27). The van der Waals surface area contributed by atoms with E-state index in [1.54, 1.807) is 39.0 Å². The second-order valence-electron chi connectivity index (χ2n) is 8.11. The molecule has 2 aromatic rings. The van der Waals surface area contributed by atoms with Crippen molar-refractivity contribution in [2.45, 2.75) is 32.7 Å². The number of alkyl carbamates (subject to hydrolysis) is 1. The van der Waals surface area contributed by atoms with E-state index in [1.807, 2.05) is 0 Å². The maximum absolute atomic E-state index is 13.6. The van der Waals surface area contributed by atoms with Crippen LogP contribution in [0.15, 0.2) is 40.9 Å². The molecule has 0 atom stereocenters. The maximum atomic E-state index is 13.6. The van der Waals surface area contributed by atoms with Crippen LogP contribution in [0.25, 0.3) is 0 Å². The van der Waals surface area contributed by atoms with Crippen LogP contribution in [-0.2, 0) is 21.0 Å². The molecule has 0 radical (unpaired) electrons. The van der Waals surface area contributed by atoms with Crippen molar-refractivity contribution in [1.82, 2.24) is 5.32 Å². The third-order valence-electron chi connectivity index (χ3n) is 4.24. The highest BCUT2D eigenvalue weighted by atomic mass is 79.9. The lowest BCUT2D eigenvalue weighted by Crippen LogP contribution is -2.41. The molecule has 0 heterocycles. The number of benzene rings is 2. The van der Waals surface area contributed by atoms with Crippen LogP contribution in [0, 0.1) is 5.82 Å². The number of amides is 1. The summed E-state index contributed by atoms with van der Waals surface area (Å²) >= 11 is 3.34. The van der Waals surface area contributed by atoms with E-state index < -0.39 is 33.2 Å². The second kappa shape index (κ2) is 10.4.